The van der Waals surface area contributed by atoms with Crippen molar-refractivity contribution in [2.24, 2.45) is 0 Å². The number of carbonyl (C=O) groups is 2. The second-order valence-corrected chi connectivity index (χ2v) is 5.65. The number of fused-ring (bicyclic) bond motifs is 1. The number of carboxylic acid groups (broad SMARTS) is 1. The molecule has 0 bridgehead atoms. The molecule has 0 unspecified atom stereocenters. The molecule has 0 saturated heterocycles. The SMILES string of the molecule is C=CCN(CC=C)CCc1c[nH]c2cc(OC(=O)CC(=O)O)ccc12. The van der Waals surface area contributed by atoms with Crippen molar-refractivity contribution >= 4 is 22.8 Å². The van der Waals surface area contributed by atoms with Gasteiger partial charge in [-0.3, -0.25) is 14.5 Å². The summed E-state index contributed by atoms with van der Waals surface area (Å²) in [6.07, 6.45) is 5.89. The summed E-state index contributed by atoms with van der Waals surface area (Å²) in [4.78, 5) is 27.3. The lowest BCUT2D eigenvalue weighted by atomic mass is 10.1. The van der Waals surface area contributed by atoms with Crippen LogP contribution in [0.1, 0.15) is 12.0 Å². The molecule has 0 saturated carbocycles. The maximum absolute atomic E-state index is 11.4. The number of nitrogens with one attached hydrogen (secondary N) is 1. The van der Waals surface area contributed by atoms with Gasteiger partial charge in [0, 0.05) is 42.8 Å². The van der Waals surface area contributed by atoms with E-state index in [1.807, 2.05) is 24.4 Å². The van der Waals surface area contributed by atoms with E-state index in [0.717, 1.165) is 42.5 Å². The van der Waals surface area contributed by atoms with Gasteiger partial charge in [-0.25, -0.2) is 0 Å². The third-order valence-corrected chi connectivity index (χ3v) is 3.74. The van der Waals surface area contributed by atoms with Crippen molar-refractivity contribution in [3.63, 3.8) is 0 Å². The van der Waals surface area contributed by atoms with Crippen LogP contribution in [0.15, 0.2) is 49.7 Å². The highest BCUT2D eigenvalue weighted by molar-refractivity contribution is 5.92. The van der Waals surface area contributed by atoms with Crippen molar-refractivity contribution in [3.8, 4) is 5.75 Å². The highest BCUT2D eigenvalue weighted by atomic mass is 16.5. The van der Waals surface area contributed by atoms with E-state index < -0.39 is 18.4 Å². The van der Waals surface area contributed by atoms with Crippen LogP contribution in [-0.2, 0) is 16.0 Å². The van der Waals surface area contributed by atoms with Gasteiger partial charge in [-0.05, 0) is 24.1 Å². The van der Waals surface area contributed by atoms with E-state index in [4.69, 9.17) is 9.84 Å². The average Bonchev–Trinajstić information content (AvgIpc) is 2.94. The molecule has 0 aliphatic rings. The Kier molecular flexibility index (Phi) is 6.54. The highest BCUT2D eigenvalue weighted by Gasteiger charge is 2.12. The fourth-order valence-electron chi connectivity index (χ4n) is 2.63. The van der Waals surface area contributed by atoms with Crippen LogP contribution in [0.3, 0.4) is 0 Å². The van der Waals surface area contributed by atoms with Gasteiger partial charge >= 0.3 is 11.9 Å². The van der Waals surface area contributed by atoms with Gasteiger partial charge in [0.2, 0.25) is 0 Å². The van der Waals surface area contributed by atoms with Gasteiger partial charge in [0.05, 0.1) is 0 Å². The van der Waals surface area contributed by atoms with E-state index in [1.54, 1.807) is 12.1 Å². The van der Waals surface area contributed by atoms with E-state index >= 15 is 0 Å². The Balaban J connectivity index is 2.06. The molecule has 0 atom stereocenters. The van der Waals surface area contributed by atoms with Crippen molar-refractivity contribution in [2.45, 2.75) is 12.8 Å². The van der Waals surface area contributed by atoms with Crippen LogP contribution in [0.5, 0.6) is 5.75 Å². The number of aromatic nitrogens is 1. The molecule has 0 fully saturated rings. The van der Waals surface area contributed by atoms with Gasteiger partial charge in [-0.2, -0.15) is 0 Å². The third kappa shape index (κ3) is 5.32. The Morgan fingerprint density at radius 1 is 1.24 bits per heavy atom. The molecule has 25 heavy (non-hydrogen) atoms. The van der Waals surface area contributed by atoms with Crippen LogP contribution in [0.25, 0.3) is 10.9 Å². The molecule has 6 nitrogen and oxygen atoms in total. The number of ether oxygens (including phenoxy) is 1. The predicted octanol–water partition coefficient (Wildman–Crippen LogP) is 2.76. The largest absolute Gasteiger partial charge is 0.481 e. The monoisotopic (exact) mass is 342 g/mol. The molecule has 2 aromatic rings. The fraction of sp³-hybridized carbons (Fsp3) is 0.263. The van der Waals surface area contributed by atoms with E-state index in [0.29, 0.717) is 5.75 Å². The summed E-state index contributed by atoms with van der Waals surface area (Å²) < 4.78 is 5.03. The summed E-state index contributed by atoms with van der Waals surface area (Å²) in [5, 5.41) is 9.65. The van der Waals surface area contributed by atoms with Crippen molar-refractivity contribution in [3.05, 3.63) is 55.3 Å². The van der Waals surface area contributed by atoms with Crippen molar-refractivity contribution in [2.75, 3.05) is 19.6 Å². The van der Waals surface area contributed by atoms with Crippen molar-refractivity contribution in [1.29, 1.82) is 0 Å². The van der Waals surface area contributed by atoms with E-state index in [9.17, 15) is 9.59 Å². The van der Waals surface area contributed by atoms with Crippen molar-refractivity contribution in [1.82, 2.24) is 9.88 Å². The molecular weight excluding hydrogens is 320 g/mol. The molecule has 2 N–H and O–H groups in total. The molecule has 1 heterocycles. The lowest BCUT2D eigenvalue weighted by Gasteiger charge is -2.18. The number of rotatable bonds is 10. The number of hydrogen-bond donors (Lipinski definition) is 2. The maximum Gasteiger partial charge on any atom is 0.322 e. The Hall–Kier alpha value is -2.86. The molecule has 0 amide bonds. The van der Waals surface area contributed by atoms with Gasteiger partial charge < -0.3 is 14.8 Å². The van der Waals surface area contributed by atoms with Crippen LogP contribution < -0.4 is 4.74 Å². The normalized spacial score (nSPS) is 10.8. The second-order valence-electron chi connectivity index (χ2n) is 5.65. The summed E-state index contributed by atoms with van der Waals surface area (Å²) >= 11 is 0. The molecule has 6 heteroatoms. The minimum atomic E-state index is -1.21. The first kappa shape index (κ1) is 18.5. The maximum atomic E-state index is 11.4. The van der Waals surface area contributed by atoms with Crippen LogP contribution >= 0.6 is 0 Å². The number of esters is 1. The number of hydrogen-bond acceptors (Lipinski definition) is 4. The summed E-state index contributed by atoms with van der Waals surface area (Å²) in [5.74, 6) is -1.67. The van der Waals surface area contributed by atoms with Crippen LogP contribution in [0, 0.1) is 0 Å². The number of carbonyl (C=O) groups excluding carboxylic acids is 1. The van der Waals surface area contributed by atoms with Gasteiger partial charge in [0.15, 0.2) is 0 Å². The summed E-state index contributed by atoms with van der Waals surface area (Å²) in [6.45, 7) is 10.0. The summed E-state index contributed by atoms with van der Waals surface area (Å²) in [7, 11) is 0. The highest BCUT2D eigenvalue weighted by Crippen LogP contribution is 2.24. The Labute approximate surface area is 146 Å². The van der Waals surface area contributed by atoms with E-state index in [2.05, 4.69) is 23.0 Å². The van der Waals surface area contributed by atoms with Crippen LogP contribution in [0.4, 0.5) is 0 Å². The molecule has 132 valence electrons. The Morgan fingerprint density at radius 3 is 2.60 bits per heavy atom. The lowest BCUT2D eigenvalue weighted by Crippen LogP contribution is -2.26. The smallest absolute Gasteiger partial charge is 0.322 e. The van der Waals surface area contributed by atoms with Crippen molar-refractivity contribution < 1.29 is 19.4 Å². The lowest BCUT2D eigenvalue weighted by molar-refractivity contribution is -0.145. The van der Waals surface area contributed by atoms with E-state index in [-0.39, 0.29) is 0 Å². The average molecular weight is 342 g/mol. The van der Waals surface area contributed by atoms with Gasteiger partial charge in [0.25, 0.3) is 0 Å². The molecule has 1 aromatic heterocycles. The minimum Gasteiger partial charge on any atom is -0.481 e. The zero-order valence-electron chi connectivity index (χ0n) is 14.0. The standard InChI is InChI=1S/C19H22N2O4/c1-3-8-21(9-4-2)10-7-14-13-20-17-11-15(5-6-16(14)17)25-19(24)12-18(22)23/h3-6,11,13,20H,1-2,7-10,12H2,(H,22,23). The second kappa shape index (κ2) is 8.84. The Morgan fingerprint density at radius 2 is 1.96 bits per heavy atom. The quantitative estimate of drug-likeness (QED) is 0.300. The molecule has 0 aliphatic carbocycles. The molecule has 0 spiro atoms. The first-order chi connectivity index (χ1) is 12.0. The Bertz CT molecular complexity index is 769. The number of H-pyrrole nitrogens is 1. The number of benzene rings is 1. The third-order valence-electron chi connectivity index (χ3n) is 3.74. The zero-order valence-corrected chi connectivity index (χ0v) is 14.0. The number of aliphatic carboxylic acids is 1. The van der Waals surface area contributed by atoms with Gasteiger partial charge in [-0.1, -0.05) is 12.2 Å². The fourth-order valence-corrected chi connectivity index (χ4v) is 2.63. The molecule has 0 aliphatic heterocycles. The number of aromatic amines is 1. The number of carboxylic acids is 1. The summed E-state index contributed by atoms with van der Waals surface area (Å²) in [5.41, 5.74) is 2.01. The predicted molar refractivity (Wildman–Crippen MR) is 96.7 cm³/mol. The minimum absolute atomic E-state index is 0.326. The van der Waals surface area contributed by atoms with Gasteiger partial charge in [0.1, 0.15) is 12.2 Å². The number of nitrogens with zero attached hydrogens (tertiary/aromatic N) is 1. The first-order valence-corrected chi connectivity index (χ1v) is 8.00. The summed E-state index contributed by atoms with van der Waals surface area (Å²) in [6, 6.07) is 5.24. The molecule has 2 rings (SSSR count). The molecule has 0 radical (unpaired) electrons. The molecule has 1 aromatic carbocycles. The van der Waals surface area contributed by atoms with Crippen LogP contribution in [-0.4, -0.2) is 46.6 Å². The first-order valence-electron chi connectivity index (χ1n) is 8.00. The topological polar surface area (TPSA) is 82.6 Å². The van der Waals surface area contributed by atoms with E-state index in [1.165, 1.54) is 0 Å². The van der Waals surface area contributed by atoms with Gasteiger partial charge in [-0.15, -0.1) is 13.2 Å². The zero-order chi connectivity index (χ0) is 18.2. The molecular formula is C19H22N2O4. The van der Waals surface area contributed by atoms with Crippen LogP contribution in [0.2, 0.25) is 0 Å².